The number of halogens is 2. The Kier molecular flexibility index (Phi) is 6.80. The second-order valence-electron chi connectivity index (χ2n) is 6.48. The van der Waals surface area contributed by atoms with Crippen LogP contribution in [-0.4, -0.2) is 23.7 Å². The monoisotopic (exact) mass is 557 g/mol. The van der Waals surface area contributed by atoms with Crippen LogP contribution in [0.15, 0.2) is 80.8 Å². The fourth-order valence-corrected chi connectivity index (χ4v) is 4.56. The smallest absolute Gasteiger partial charge is 0.280 e. The molecule has 0 aliphatic heterocycles. The first-order chi connectivity index (χ1) is 15.0. The number of hydrogen-bond donors (Lipinski definition) is 0. The van der Waals surface area contributed by atoms with Gasteiger partial charge in [0.1, 0.15) is 5.75 Å². The highest BCUT2D eigenvalue weighted by Gasteiger charge is 2.21. The van der Waals surface area contributed by atoms with Crippen LogP contribution >= 0.6 is 43.2 Å². The lowest BCUT2D eigenvalue weighted by atomic mass is 10.2. The largest absolute Gasteiger partial charge is 0.494 e. The molecular weight excluding hydrogens is 542 g/mol. The van der Waals surface area contributed by atoms with E-state index in [-0.39, 0.29) is 5.91 Å². The fraction of sp³-hybridized carbons (Fsp3) is 0.0870. The molecule has 0 aliphatic carbocycles. The third-order valence-corrected chi connectivity index (χ3v) is 6.33. The van der Waals surface area contributed by atoms with E-state index >= 15 is 0 Å². The average Bonchev–Trinajstić information content (AvgIpc) is 3.18. The van der Waals surface area contributed by atoms with Crippen LogP contribution in [0.3, 0.4) is 0 Å². The summed E-state index contributed by atoms with van der Waals surface area (Å²) in [6.07, 6.45) is 1.65. The number of fused-ring (bicyclic) bond motifs is 1. The molecule has 0 bridgehead atoms. The second-order valence-corrected chi connectivity index (χ2v) is 9.32. The number of rotatable bonds is 6. The Morgan fingerprint density at radius 2 is 1.77 bits per heavy atom. The topological polar surface area (TPSA) is 54.8 Å². The Morgan fingerprint density at radius 1 is 1.06 bits per heavy atom. The third-order valence-electron chi connectivity index (χ3n) is 4.32. The number of ether oxygens (including phenoxy) is 1. The first-order valence-corrected chi connectivity index (χ1v) is 11.9. The molecule has 3 aromatic carbocycles. The van der Waals surface area contributed by atoms with E-state index in [0.717, 1.165) is 30.5 Å². The SMILES string of the molecule is CCOc1ccc(/C=N/N(C(=O)c2ccc(Br)cc2)c2nc3ccc(Br)cc3s2)cc1. The molecule has 0 saturated heterocycles. The minimum atomic E-state index is -0.257. The van der Waals surface area contributed by atoms with Gasteiger partial charge in [-0.05, 0) is 79.2 Å². The highest BCUT2D eigenvalue weighted by Crippen LogP contribution is 2.32. The molecule has 0 saturated carbocycles. The summed E-state index contributed by atoms with van der Waals surface area (Å²) in [6, 6.07) is 20.5. The van der Waals surface area contributed by atoms with E-state index < -0.39 is 0 Å². The van der Waals surface area contributed by atoms with Crippen molar-refractivity contribution >= 4 is 70.7 Å². The number of aromatic nitrogens is 1. The van der Waals surface area contributed by atoms with Gasteiger partial charge < -0.3 is 4.74 Å². The summed E-state index contributed by atoms with van der Waals surface area (Å²) < 4.78 is 8.31. The predicted molar refractivity (Wildman–Crippen MR) is 133 cm³/mol. The van der Waals surface area contributed by atoms with Crippen LogP contribution in [0.1, 0.15) is 22.8 Å². The first kappa shape index (κ1) is 21.7. The van der Waals surface area contributed by atoms with Crippen molar-refractivity contribution in [2.75, 3.05) is 11.6 Å². The molecule has 0 radical (unpaired) electrons. The van der Waals surface area contributed by atoms with Gasteiger partial charge in [0.2, 0.25) is 5.13 Å². The molecular formula is C23H17Br2N3O2S. The van der Waals surface area contributed by atoms with Gasteiger partial charge in [-0.3, -0.25) is 4.79 Å². The van der Waals surface area contributed by atoms with E-state index in [9.17, 15) is 4.79 Å². The summed E-state index contributed by atoms with van der Waals surface area (Å²) in [7, 11) is 0. The summed E-state index contributed by atoms with van der Waals surface area (Å²) >= 11 is 8.30. The number of hydrogen-bond acceptors (Lipinski definition) is 5. The summed E-state index contributed by atoms with van der Waals surface area (Å²) in [6.45, 7) is 2.55. The lowest BCUT2D eigenvalue weighted by molar-refractivity contribution is 0.0988. The van der Waals surface area contributed by atoms with E-state index in [1.807, 2.05) is 61.5 Å². The number of amides is 1. The molecule has 1 heterocycles. The van der Waals surface area contributed by atoms with E-state index in [1.165, 1.54) is 16.3 Å². The van der Waals surface area contributed by atoms with Crippen molar-refractivity contribution < 1.29 is 9.53 Å². The van der Waals surface area contributed by atoms with Crippen molar-refractivity contribution in [2.24, 2.45) is 5.10 Å². The molecule has 156 valence electrons. The molecule has 0 aliphatic rings. The van der Waals surface area contributed by atoms with Crippen molar-refractivity contribution in [1.29, 1.82) is 0 Å². The highest BCUT2D eigenvalue weighted by atomic mass is 79.9. The maximum absolute atomic E-state index is 13.3. The van der Waals surface area contributed by atoms with Crippen LogP contribution in [0, 0.1) is 0 Å². The summed E-state index contributed by atoms with van der Waals surface area (Å²) in [5.74, 6) is 0.534. The number of carbonyl (C=O) groups excluding carboxylic acids is 1. The lowest BCUT2D eigenvalue weighted by Gasteiger charge is -2.14. The van der Waals surface area contributed by atoms with Gasteiger partial charge in [-0.2, -0.15) is 10.1 Å². The van der Waals surface area contributed by atoms with E-state index in [0.29, 0.717) is 17.3 Å². The second kappa shape index (κ2) is 9.72. The molecule has 0 fully saturated rings. The Bertz CT molecular complexity index is 1240. The average molecular weight is 559 g/mol. The van der Waals surface area contributed by atoms with Crippen molar-refractivity contribution in [1.82, 2.24) is 4.98 Å². The van der Waals surface area contributed by atoms with Crippen LogP contribution in [0.4, 0.5) is 5.13 Å². The van der Waals surface area contributed by atoms with E-state index in [4.69, 9.17) is 4.74 Å². The van der Waals surface area contributed by atoms with Crippen LogP contribution in [0.5, 0.6) is 5.75 Å². The molecule has 1 amide bonds. The molecule has 31 heavy (non-hydrogen) atoms. The van der Waals surface area contributed by atoms with Gasteiger partial charge in [0.05, 0.1) is 23.0 Å². The minimum Gasteiger partial charge on any atom is -0.494 e. The normalized spacial score (nSPS) is 11.2. The van der Waals surface area contributed by atoms with Crippen molar-refractivity contribution in [3.63, 3.8) is 0 Å². The maximum atomic E-state index is 13.3. The number of hydrazone groups is 1. The molecule has 0 N–H and O–H groups in total. The molecule has 0 atom stereocenters. The lowest BCUT2D eigenvalue weighted by Crippen LogP contribution is -2.25. The van der Waals surface area contributed by atoms with Gasteiger partial charge in [-0.15, -0.1) is 0 Å². The van der Waals surface area contributed by atoms with Crippen LogP contribution < -0.4 is 9.75 Å². The number of nitrogens with zero attached hydrogens (tertiary/aromatic N) is 3. The Balaban J connectivity index is 1.70. The van der Waals surface area contributed by atoms with Crippen LogP contribution in [-0.2, 0) is 0 Å². The molecule has 0 spiro atoms. The van der Waals surface area contributed by atoms with Gasteiger partial charge >= 0.3 is 0 Å². The zero-order valence-electron chi connectivity index (χ0n) is 16.5. The molecule has 5 nitrogen and oxygen atoms in total. The molecule has 8 heteroatoms. The van der Waals surface area contributed by atoms with Gasteiger partial charge in [-0.1, -0.05) is 43.2 Å². The zero-order chi connectivity index (χ0) is 21.8. The number of benzene rings is 3. The van der Waals surface area contributed by atoms with Crippen molar-refractivity contribution in [3.8, 4) is 5.75 Å². The number of carbonyl (C=O) groups is 1. The number of thiazole rings is 1. The standard InChI is InChI=1S/C23H17Br2N3O2S/c1-2-30-19-10-3-15(4-11-19)14-26-28(22(29)16-5-7-17(24)8-6-16)23-27-20-12-9-18(25)13-21(20)31-23/h3-14H,2H2,1H3/b26-14+. The molecule has 4 aromatic rings. The Labute approximate surface area is 200 Å². The van der Waals surface area contributed by atoms with E-state index in [2.05, 4.69) is 41.9 Å². The van der Waals surface area contributed by atoms with E-state index in [1.54, 1.807) is 18.3 Å². The quantitative estimate of drug-likeness (QED) is 0.191. The van der Waals surface area contributed by atoms with Gasteiger partial charge in [0.15, 0.2) is 0 Å². The Morgan fingerprint density at radius 3 is 2.48 bits per heavy atom. The number of anilines is 1. The molecule has 1 aromatic heterocycles. The van der Waals surface area contributed by atoms with Gasteiger partial charge in [0.25, 0.3) is 5.91 Å². The van der Waals surface area contributed by atoms with Gasteiger partial charge in [0, 0.05) is 14.5 Å². The van der Waals surface area contributed by atoms with Crippen LogP contribution in [0.25, 0.3) is 10.2 Å². The van der Waals surface area contributed by atoms with Crippen molar-refractivity contribution in [3.05, 3.63) is 86.8 Å². The summed E-state index contributed by atoms with van der Waals surface area (Å²) in [5, 5.41) is 6.35. The summed E-state index contributed by atoms with van der Waals surface area (Å²) in [4.78, 5) is 17.9. The third kappa shape index (κ3) is 5.20. The molecule has 0 unspecified atom stereocenters. The fourth-order valence-electron chi connectivity index (χ4n) is 2.82. The maximum Gasteiger partial charge on any atom is 0.280 e. The first-order valence-electron chi connectivity index (χ1n) is 9.46. The zero-order valence-corrected chi connectivity index (χ0v) is 20.4. The van der Waals surface area contributed by atoms with Crippen LogP contribution in [0.2, 0.25) is 0 Å². The molecule has 4 rings (SSSR count). The highest BCUT2D eigenvalue weighted by molar-refractivity contribution is 9.10. The van der Waals surface area contributed by atoms with Gasteiger partial charge in [-0.25, -0.2) is 4.98 Å². The summed E-state index contributed by atoms with van der Waals surface area (Å²) in [5.41, 5.74) is 2.18. The minimum absolute atomic E-state index is 0.257. The Hall–Kier alpha value is -2.55. The van der Waals surface area contributed by atoms with Crippen molar-refractivity contribution in [2.45, 2.75) is 6.92 Å². The predicted octanol–water partition coefficient (Wildman–Crippen LogP) is 6.90.